The molecule has 172 valence electrons. The number of hydrogen-bond acceptors (Lipinski definition) is 5. The summed E-state index contributed by atoms with van der Waals surface area (Å²) in [7, 11) is 0. The first-order chi connectivity index (χ1) is 15.8. The second-order valence-electron chi connectivity index (χ2n) is 7.91. The second kappa shape index (κ2) is 11.0. The quantitative estimate of drug-likeness (QED) is 0.357. The van der Waals surface area contributed by atoms with E-state index in [0.717, 1.165) is 22.4 Å². The molecule has 0 saturated heterocycles. The summed E-state index contributed by atoms with van der Waals surface area (Å²) in [6.07, 6.45) is 1.74. The third-order valence-electron chi connectivity index (χ3n) is 5.15. The first-order valence-electron chi connectivity index (χ1n) is 10.7. The molecular weight excluding hydrogens is 434 g/mol. The third-order valence-corrected chi connectivity index (χ3v) is 6.12. The number of rotatable bonds is 9. The molecule has 0 bridgehead atoms. The largest absolute Gasteiger partial charge is 0.342 e. The molecule has 2 aromatic carbocycles. The van der Waals surface area contributed by atoms with Crippen molar-refractivity contribution in [2.45, 2.75) is 45.4 Å². The van der Waals surface area contributed by atoms with E-state index in [9.17, 15) is 9.59 Å². The number of thioether (sulfide) groups is 1. The van der Waals surface area contributed by atoms with Crippen LogP contribution in [0, 0.1) is 20.8 Å². The van der Waals surface area contributed by atoms with E-state index in [-0.39, 0.29) is 23.6 Å². The van der Waals surface area contributed by atoms with Gasteiger partial charge in [0.1, 0.15) is 0 Å². The van der Waals surface area contributed by atoms with E-state index in [1.807, 2.05) is 68.7 Å². The van der Waals surface area contributed by atoms with Gasteiger partial charge < -0.3 is 15.2 Å². The molecule has 0 aliphatic rings. The molecule has 2 N–H and O–H groups in total. The van der Waals surface area contributed by atoms with Crippen molar-refractivity contribution in [3.05, 3.63) is 83.2 Å². The predicted molar refractivity (Wildman–Crippen MR) is 133 cm³/mol. The molecule has 0 fully saturated rings. The monoisotopic (exact) mass is 463 g/mol. The predicted octanol–water partition coefficient (Wildman–Crippen LogP) is 4.61. The van der Waals surface area contributed by atoms with Crippen LogP contribution in [0.1, 0.15) is 45.8 Å². The Morgan fingerprint density at radius 2 is 1.82 bits per heavy atom. The summed E-state index contributed by atoms with van der Waals surface area (Å²) in [6, 6.07) is 12.9. The average Bonchev–Trinajstić information content (AvgIpc) is 3.18. The Bertz CT molecular complexity index is 1150. The number of benzene rings is 2. The molecule has 1 atom stereocenters. The van der Waals surface area contributed by atoms with Gasteiger partial charge in [-0.3, -0.25) is 9.59 Å². The summed E-state index contributed by atoms with van der Waals surface area (Å²) in [5, 5.41) is 15.1. The standard InChI is InChI=1S/C25H29N5O2S/c1-6-13-30-23(19(5)26-24(32)20-12-7-9-16(2)14-20)28-29-25(30)33-15-21(31)27-22-17(3)10-8-11-18(22)4/h6-12,14,19H,1,13,15H2,2-5H3,(H,26,32)(H,27,31)/t19-/m1/s1. The number of carbonyl (C=O) groups is 2. The van der Waals surface area contributed by atoms with Crippen molar-refractivity contribution in [1.82, 2.24) is 20.1 Å². The number of hydrogen-bond donors (Lipinski definition) is 2. The van der Waals surface area contributed by atoms with Crippen LogP contribution in [0.3, 0.4) is 0 Å². The van der Waals surface area contributed by atoms with Crippen LogP contribution in [-0.4, -0.2) is 32.3 Å². The number of amides is 2. The SMILES string of the molecule is C=CCn1c(SCC(=O)Nc2c(C)cccc2C)nnc1[C@@H](C)NC(=O)c1cccc(C)c1. The van der Waals surface area contributed by atoms with Crippen LogP contribution in [0.25, 0.3) is 0 Å². The Labute approximate surface area is 198 Å². The second-order valence-corrected chi connectivity index (χ2v) is 8.85. The number of aromatic nitrogens is 3. The first-order valence-corrected chi connectivity index (χ1v) is 11.7. The lowest BCUT2D eigenvalue weighted by molar-refractivity contribution is -0.113. The molecule has 0 saturated carbocycles. The first kappa shape index (κ1) is 24.3. The number of aryl methyl sites for hydroxylation is 3. The van der Waals surface area contributed by atoms with Gasteiger partial charge in [0, 0.05) is 17.8 Å². The Morgan fingerprint density at radius 1 is 1.12 bits per heavy atom. The summed E-state index contributed by atoms with van der Waals surface area (Å²) >= 11 is 1.30. The van der Waals surface area contributed by atoms with E-state index in [2.05, 4.69) is 27.4 Å². The summed E-state index contributed by atoms with van der Waals surface area (Å²) in [5.74, 6) is 0.496. The van der Waals surface area contributed by atoms with Gasteiger partial charge in [-0.05, 0) is 51.0 Å². The number of nitrogens with zero attached hydrogens (tertiary/aromatic N) is 3. The molecule has 2 amide bonds. The van der Waals surface area contributed by atoms with Crippen LogP contribution in [0.15, 0.2) is 60.3 Å². The van der Waals surface area contributed by atoms with Gasteiger partial charge >= 0.3 is 0 Å². The van der Waals surface area contributed by atoms with Gasteiger partial charge in [-0.15, -0.1) is 16.8 Å². The Kier molecular flexibility index (Phi) is 8.06. The molecule has 1 heterocycles. The van der Waals surface area contributed by atoms with Crippen LogP contribution in [0.4, 0.5) is 5.69 Å². The molecule has 3 rings (SSSR count). The minimum Gasteiger partial charge on any atom is -0.342 e. The molecule has 1 aromatic heterocycles. The molecule has 0 unspecified atom stereocenters. The molecular formula is C25H29N5O2S. The zero-order valence-electron chi connectivity index (χ0n) is 19.4. The van der Waals surface area contributed by atoms with E-state index in [0.29, 0.717) is 23.1 Å². The Balaban J connectivity index is 1.69. The number of nitrogens with one attached hydrogen (secondary N) is 2. The normalized spacial score (nSPS) is 11.6. The molecule has 7 nitrogen and oxygen atoms in total. The molecule has 0 aliphatic heterocycles. The van der Waals surface area contributed by atoms with E-state index >= 15 is 0 Å². The minimum absolute atomic E-state index is 0.118. The van der Waals surface area contributed by atoms with Gasteiger partial charge in [0.25, 0.3) is 5.91 Å². The fraction of sp³-hybridized carbons (Fsp3) is 0.280. The molecule has 0 aliphatic carbocycles. The van der Waals surface area contributed by atoms with Crippen LogP contribution in [0.5, 0.6) is 0 Å². The van der Waals surface area contributed by atoms with Crippen molar-refractivity contribution in [2.24, 2.45) is 0 Å². The van der Waals surface area contributed by atoms with Crippen LogP contribution in [0.2, 0.25) is 0 Å². The van der Waals surface area contributed by atoms with E-state index in [1.54, 1.807) is 12.1 Å². The maximum atomic E-state index is 12.7. The van der Waals surface area contributed by atoms with Crippen molar-refractivity contribution >= 4 is 29.3 Å². The van der Waals surface area contributed by atoms with Gasteiger partial charge in [-0.25, -0.2) is 0 Å². The number of para-hydroxylation sites is 1. The molecule has 8 heteroatoms. The zero-order valence-corrected chi connectivity index (χ0v) is 20.2. The van der Waals surface area contributed by atoms with Crippen LogP contribution < -0.4 is 10.6 Å². The molecule has 3 aromatic rings. The highest BCUT2D eigenvalue weighted by atomic mass is 32.2. The van der Waals surface area contributed by atoms with Crippen LogP contribution in [-0.2, 0) is 11.3 Å². The molecule has 33 heavy (non-hydrogen) atoms. The topological polar surface area (TPSA) is 88.9 Å². The Morgan fingerprint density at radius 3 is 2.48 bits per heavy atom. The van der Waals surface area contributed by atoms with Gasteiger partial charge in [0.05, 0.1) is 11.8 Å². The Hall–Kier alpha value is -3.39. The minimum atomic E-state index is -0.372. The third kappa shape index (κ3) is 6.10. The zero-order chi connectivity index (χ0) is 24.0. The highest BCUT2D eigenvalue weighted by Gasteiger charge is 2.20. The van der Waals surface area contributed by atoms with Crippen molar-refractivity contribution in [2.75, 3.05) is 11.1 Å². The smallest absolute Gasteiger partial charge is 0.251 e. The average molecular weight is 464 g/mol. The summed E-state index contributed by atoms with van der Waals surface area (Å²) < 4.78 is 1.87. The lowest BCUT2D eigenvalue weighted by atomic mass is 10.1. The number of allylic oxidation sites excluding steroid dienone is 1. The van der Waals surface area contributed by atoms with Gasteiger partial charge in [-0.2, -0.15) is 0 Å². The maximum Gasteiger partial charge on any atom is 0.251 e. The number of carbonyl (C=O) groups excluding carboxylic acids is 2. The summed E-state index contributed by atoms with van der Waals surface area (Å²) in [5.41, 5.74) is 4.48. The van der Waals surface area contributed by atoms with E-state index < -0.39 is 0 Å². The van der Waals surface area contributed by atoms with Crippen molar-refractivity contribution < 1.29 is 9.59 Å². The molecule has 0 radical (unpaired) electrons. The number of anilines is 1. The lowest BCUT2D eigenvalue weighted by Crippen LogP contribution is -2.29. The van der Waals surface area contributed by atoms with Crippen molar-refractivity contribution in [3.63, 3.8) is 0 Å². The fourth-order valence-electron chi connectivity index (χ4n) is 3.48. The lowest BCUT2D eigenvalue weighted by Gasteiger charge is -2.15. The fourth-order valence-corrected chi connectivity index (χ4v) is 4.23. The van der Waals surface area contributed by atoms with Crippen molar-refractivity contribution in [1.29, 1.82) is 0 Å². The highest BCUT2D eigenvalue weighted by Crippen LogP contribution is 2.23. The molecule has 0 spiro atoms. The van der Waals surface area contributed by atoms with Gasteiger partial charge in [0.2, 0.25) is 5.91 Å². The van der Waals surface area contributed by atoms with E-state index in [4.69, 9.17) is 0 Å². The highest BCUT2D eigenvalue weighted by molar-refractivity contribution is 7.99. The summed E-state index contributed by atoms with van der Waals surface area (Å²) in [6.45, 7) is 12.0. The summed E-state index contributed by atoms with van der Waals surface area (Å²) in [4.78, 5) is 25.2. The van der Waals surface area contributed by atoms with Gasteiger partial charge in [-0.1, -0.05) is 53.7 Å². The van der Waals surface area contributed by atoms with E-state index in [1.165, 1.54) is 11.8 Å². The maximum absolute atomic E-state index is 12.7. The van der Waals surface area contributed by atoms with Crippen LogP contribution >= 0.6 is 11.8 Å². The van der Waals surface area contributed by atoms with Gasteiger partial charge in [0.15, 0.2) is 11.0 Å². The van der Waals surface area contributed by atoms with Crippen molar-refractivity contribution in [3.8, 4) is 0 Å².